The highest BCUT2D eigenvalue weighted by molar-refractivity contribution is 5.89. The maximum absolute atomic E-state index is 12.4. The summed E-state index contributed by atoms with van der Waals surface area (Å²) in [7, 11) is 0. The number of aliphatic carboxylic acids is 1. The summed E-state index contributed by atoms with van der Waals surface area (Å²) < 4.78 is 0. The van der Waals surface area contributed by atoms with Crippen molar-refractivity contribution in [3.05, 3.63) is 29.8 Å². The Morgan fingerprint density at radius 1 is 1.26 bits per heavy atom. The zero-order valence-corrected chi connectivity index (χ0v) is 11.5. The van der Waals surface area contributed by atoms with Gasteiger partial charge in [-0.2, -0.15) is 0 Å². The van der Waals surface area contributed by atoms with Gasteiger partial charge in [-0.3, -0.25) is 9.59 Å². The Bertz CT molecular complexity index is 466. The smallest absolute Gasteiger partial charge is 0.323 e. The van der Waals surface area contributed by atoms with Crippen LogP contribution in [0.3, 0.4) is 0 Å². The van der Waals surface area contributed by atoms with E-state index in [1.165, 1.54) is 4.90 Å². The molecule has 0 heterocycles. The molecule has 19 heavy (non-hydrogen) atoms. The minimum Gasteiger partial charge on any atom is -0.480 e. The molecule has 0 bridgehead atoms. The van der Waals surface area contributed by atoms with Gasteiger partial charge in [0.25, 0.3) is 0 Å². The van der Waals surface area contributed by atoms with E-state index >= 15 is 0 Å². The van der Waals surface area contributed by atoms with Crippen molar-refractivity contribution in [3.63, 3.8) is 0 Å². The Morgan fingerprint density at radius 3 is 2.21 bits per heavy atom. The average molecular weight is 264 g/mol. The molecule has 1 aromatic carbocycles. The lowest BCUT2D eigenvalue weighted by Gasteiger charge is -2.30. The predicted octanol–water partition coefficient (Wildman–Crippen LogP) is 1.48. The number of nitrogen functional groups attached to an aromatic ring is 1. The number of amides is 1. The molecule has 1 amide bonds. The molecule has 0 aromatic heterocycles. The molecule has 0 aliphatic carbocycles. The topological polar surface area (TPSA) is 83.6 Å². The van der Waals surface area contributed by atoms with E-state index in [1.54, 1.807) is 45.0 Å². The van der Waals surface area contributed by atoms with Gasteiger partial charge in [-0.15, -0.1) is 0 Å². The van der Waals surface area contributed by atoms with Crippen LogP contribution in [0.15, 0.2) is 24.3 Å². The predicted molar refractivity (Wildman–Crippen MR) is 73.8 cm³/mol. The Kier molecular flexibility index (Phi) is 4.53. The quantitative estimate of drug-likeness (QED) is 0.789. The first-order valence-corrected chi connectivity index (χ1v) is 6.16. The minimum absolute atomic E-state index is 0.206. The second kappa shape index (κ2) is 5.73. The summed E-state index contributed by atoms with van der Waals surface area (Å²) in [5.74, 6) is -1.22. The van der Waals surface area contributed by atoms with Crippen molar-refractivity contribution in [1.29, 1.82) is 0 Å². The number of hydrogen-bond acceptors (Lipinski definition) is 3. The number of hydrogen-bond donors (Lipinski definition) is 2. The number of carbonyl (C=O) groups excluding carboxylic acids is 1. The first-order chi connectivity index (χ1) is 8.78. The fourth-order valence-electron chi connectivity index (χ4n) is 1.91. The van der Waals surface area contributed by atoms with E-state index < -0.39 is 11.4 Å². The Labute approximate surface area is 113 Å². The molecule has 5 nitrogen and oxygen atoms in total. The van der Waals surface area contributed by atoms with Gasteiger partial charge < -0.3 is 15.7 Å². The van der Waals surface area contributed by atoms with E-state index in [0.717, 1.165) is 5.56 Å². The molecule has 0 saturated carbocycles. The number of nitrogens with two attached hydrogens (primary N) is 1. The standard InChI is InChI=1S/C14H20N2O3/c1-4-16(9-12(17)18)13(19)14(2,3)10-5-7-11(15)8-6-10/h5-8H,4,9,15H2,1-3H3,(H,17,18). The van der Waals surface area contributed by atoms with Gasteiger partial charge >= 0.3 is 5.97 Å². The molecule has 0 aliphatic heterocycles. The molecular weight excluding hydrogens is 244 g/mol. The van der Waals surface area contributed by atoms with Crippen LogP contribution < -0.4 is 5.73 Å². The van der Waals surface area contributed by atoms with Crippen molar-refractivity contribution >= 4 is 17.6 Å². The fourth-order valence-corrected chi connectivity index (χ4v) is 1.91. The van der Waals surface area contributed by atoms with Crippen LogP contribution in [-0.4, -0.2) is 35.0 Å². The van der Waals surface area contributed by atoms with Gasteiger partial charge in [-0.05, 0) is 38.5 Å². The van der Waals surface area contributed by atoms with Crippen molar-refractivity contribution in [3.8, 4) is 0 Å². The lowest BCUT2D eigenvalue weighted by molar-refractivity contribution is -0.146. The third kappa shape index (κ3) is 3.47. The molecule has 3 N–H and O–H groups in total. The van der Waals surface area contributed by atoms with E-state index in [0.29, 0.717) is 12.2 Å². The molecule has 5 heteroatoms. The summed E-state index contributed by atoms with van der Waals surface area (Å²) >= 11 is 0. The maximum Gasteiger partial charge on any atom is 0.323 e. The van der Waals surface area contributed by atoms with Crippen molar-refractivity contribution in [1.82, 2.24) is 4.90 Å². The third-order valence-electron chi connectivity index (χ3n) is 3.16. The highest BCUT2D eigenvalue weighted by Crippen LogP contribution is 2.26. The van der Waals surface area contributed by atoms with Crippen LogP contribution in [0, 0.1) is 0 Å². The van der Waals surface area contributed by atoms with Gasteiger partial charge in [0.05, 0.1) is 5.41 Å². The van der Waals surface area contributed by atoms with Crippen molar-refractivity contribution in [2.75, 3.05) is 18.8 Å². The number of carboxylic acids is 1. The second-order valence-electron chi connectivity index (χ2n) is 4.96. The summed E-state index contributed by atoms with van der Waals surface area (Å²) in [6.07, 6.45) is 0. The van der Waals surface area contributed by atoms with Crippen molar-refractivity contribution in [2.24, 2.45) is 0 Å². The van der Waals surface area contributed by atoms with E-state index in [4.69, 9.17) is 10.8 Å². The molecule has 1 rings (SSSR count). The van der Waals surface area contributed by atoms with Crippen LogP contribution in [0.4, 0.5) is 5.69 Å². The number of carboxylic acid groups (broad SMARTS) is 1. The second-order valence-corrected chi connectivity index (χ2v) is 4.96. The van der Waals surface area contributed by atoms with E-state index in [9.17, 15) is 9.59 Å². The number of rotatable bonds is 5. The van der Waals surface area contributed by atoms with E-state index in [1.807, 2.05) is 0 Å². The molecular formula is C14H20N2O3. The number of nitrogens with zero attached hydrogens (tertiary/aromatic N) is 1. The monoisotopic (exact) mass is 264 g/mol. The summed E-state index contributed by atoms with van der Waals surface area (Å²) in [5, 5.41) is 8.83. The summed E-state index contributed by atoms with van der Waals surface area (Å²) in [5.41, 5.74) is 6.29. The molecule has 104 valence electrons. The third-order valence-corrected chi connectivity index (χ3v) is 3.16. The molecule has 0 unspecified atom stereocenters. The van der Waals surface area contributed by atoms with Crippen molar-refractivity contribution in [2.45, 2.75) is 26.2 Å². The van der Waals surface area contributed by atoms with Crippen LogP contribution in [0.5, 0.6) is 0 Å². The molecule has 0 aliphatic rings. The summed E-state index contributed by atoms with van der Waals surface area (Å²) in [6, 6.07) is 7.05. The average Bonchev–Trinajstić information content (AvgIpc) is 2.35. The molecule has 0 fully saturated rings. The molecule has 1 aromatic rings. The summed E-state index contributed by atoms with van der Waals surface area (Å²) in [6.45, 7) is 5.41. The molecule has 0 atom stereocenters. The van der Waals surface area contributed by atoms with E-state index in [-0.39, 0.29) is 12.5 Å². The zero-order valence-electron chi connectivity index (χ0n) is 11.5. The summed E-state index contributed by atoms with van der Waals surface area (Å²) in [4.78, 5) is 24.6. The number of carbonyl (C=O) groups is 2. The van der Waals surface area contributed by atoms with Gasteiger partial charge in [-0.1, -0.05) is 12.1 Å². The lowest BCUT2D eigenvalue weighted by atomic mass is 9.83. The molecule has 0 saturated heterocycles. The Balaban J connectivity index is 3.00. The maximum atomic E-state index is 12.4. The normalized spacial score (nSPS) is 11.1. The number of likely N-dealkylation sites (N-methyl/N-ethyl adjacent to an activating group) is 1. The fraction of sp³-hybridized carbons (Fsp3) is 0.429. The minimum atomic E-state index is -1.01. The van der Waals surface area contributed by atoms with Crippen LogP contribution >= 0.6 is 0 Å². The number of anilines is 1. The van der Waals surface area contributed by atoms with Crippen LogP contribution in [-0.2, 0) is 15.0 Å². The molecule has 0 spiro atoms. The SMILES string of the molecule is CCN(CC(=O)O)C(=O)C(C)(C)c1ccc(N)cc1. The van der Waals surface area contributed by atoms with Gasteiger partial charge in [0.1, 0.15) is 6.54 Å². The van der Waals surface area contributed by atoms with Gasteiger partial charge in [0.15, 0.2) is 0 Å². The Morgan fingerprint density at radius 2 is 1.79 bits per heavy atom. The largest absolute Gasteiger partial charge is 0.480 e. The van der Waals surface area contributed by atoms with Crippen LogP contribution in [0.1, 0.15) is 26.3 Å². The van der Waals surface area contributed by atoms with Crippen LogP contribution in [0.25, 0.3) is 0 Å². The van der Waals surface area contributed by atoms with Gasteiger partial charge in [0.2, 0.25) is 5.91 Å². The van der Waals surface area contributed by atoms with E-state index in [2.05, 4.69) is 0 Å². The molecule has 0 radical (unpaired) electrons. The first-order valence-electron chi connectivity index (χ1n) is 6.16. The van der Waals surface area contributed by atoms with Gasteiger partial charge in [-0.25, -0.2) is 0 Å². The first kappa shape index (κ1) is 15.0. The lowest BCUT2D eigenvalue weighted by Crippen LogP contribution is -2.45. The number of benzene rings is 1. The van der Waals surface area contributed by atoms with Crippen LogP contribution in [0.2, 0.25) is 0 Å². The van der Waals surface area contributed by atoms with Crippen molar-refractivity contribution < 1.29 is 14.7 Å². The zero-order chi connectivity index (χ0) is 14.6. The Hall–Kier alpha value is -2.04. The highest BCUT2D eigenvalue weighted by atomic mass is 16.4. The van der Waals surface area contributed by atoms with Gasteiger partial charge in [0, 0.05) is 12.2 Å². The highest BCUT2D eigenvalue weighted by Gasteiger charge is 2.33.